The van der Waals surface area contributed by atoms with Crippen LogP contribution in [0.25, 0.3) is 0 Å². The monoisotopic (exact) mass is 494 g/mol. The molecule has 0 bridgehead atoms. The van der Waals surface area contributed by atoms with Gasteiger partial charge in [0.1, 0.15) is 0 Å². The van der Waals surface area contributed by atoms with Crippen molar-refractivity contribution in [3.05, 3.63) is 88.4 Å². The second kappa shape index (κ2) is 8.39. The molecule has 0 spiro atoms. The van der Waals surface area contributed by atoms with Gasteiger partial charge in [-0.25, -0.2) is 8.42 Å². The SMILES string of the molecule is C[C@@H]1Cc2cc(C(=O)Nc3ccc(Cl)c(C(F)(F)F)c3)ccc2N1S(=O)(=O)c1ccccc1. The Labute approximate surface area is 193 Å². The molecule has 1 amide bonds. The van der Waals surface area contributed by atoms with Crippen molar-refractivity contribution in [1.29, 1.82) is 0 Å². The Kier molecular flexibility index (Phi) is 5.88. The van der Waals surface area contributed by atoms with E-state index in [1.165, 1.54) is 34.6 Å². The van der Waals surface area contributed by atoms with Gasteiger partial charge in [-0.3, -0.25) is 9.10 Å². The first-order valence-electron chi connectivity index (χ1n) is 9.89. The van der Waals surface area contributed by atoms with Gasteiger partial charge in [-0.1, -0.05) is 29.8 Å². The summed E-state index contributed by atoms with van der Waals surface area (Å²) in [7, 11) is -3.79. The van der Waals surface area contributed by atoms with Crippen LogP contribution in [0.4, 0.5) is 24.5 Å². The van der Waals surface area contributed by atoms with Crippen molar-refractivity contribution in [2.24, 2.45) is 0 Å². The van der Waals surface area contributed by atoms with E-state index >= 15 is 0 Å². The van der Waals surface area contributed by atoms with Crippen LogP contribution in [0.15, 0.2) is 71.6 Å². The molecule has 1 aliphatic rings. The molecule has 33 heavy (non-hydrogen) atoms. The van der Waals surface area contributed by atoms with Crippen LogP contribution in [0.5, 0.6) is 0 Å². The van der Waals surface area contributed by atoms with E-state index < -0.39 is 32.7 Å². The third kappa shape index (κ3) is 4.43. The Balaban J connectivity index is 1.61. The van der Waals surface area contributed by atoms with Crippen LogP contribution in [0.3, 0.4) is 0 Å². The van der Waals surface area contributed by atoms with E-state index in [4.69, 9.17) is 11.6 Å². The fourth-order valence-corrected chi connectivity index (χ4v) is 5.78. The zero-order valence-corrected chi connectivity index (χ0v) is 18.8. The summed E-state index contributed by atoms with van der Waals surface area (Å²) in [6, 6.07) is 15.3. The maximum absolute atomic E-state index is 13.2. The standard InChI is InChI=1S/C23H18ClF3N2O3S/c1-14-11-16-12-15(22(30)28-17-8-9-20(24)19(13-17)23(25,26)27)7-10-21(16)29(14)33(31,32)18-5-3-2-4-6-18/h2-10,12-14H,11H2,1H3,(H,28,30)/t14-/m1/s1. The summed E-state index contributed by atoms with van der Waals surface area (Å²) in [5.41, 5.74) is 0.212. The fourth-order valence-electron chi connectivity index (χ4n) is 3.84. The Morgan fingerprint density at radius 3 is 2.42 bits per heavy atom. The number of halogens is 4. The number of carbonyl (C=O) groups excluding carboxylic acids is 1. The number of hydrogen-bond donors (Lipinski definition) is 1. The summed E-state index contributed by atoms with van der Waals surface area (Å²) >= 11 is 5.62. The minimum Gasteiger partial charge on any atom is -0.322 e. The summed E-state index contributed by atoms with van der Waals surface area (Å²) in [4.78, 5) is 12.8. The van der Waals surface area contributed by atoms with Gasteiger partial charge in [0.05, 0.1) is 21.2 Å². The number of carbonyl (C=O) groups is 1. The van der Waals surface area contributed by atoms with Gasteiger partial charge in [0.2, 0.25) is 0 Å². The number of hydrogen-bond acceptors (Lipinski definition) is 3. The molecule has 0 aromatic heterocycles. The molecule has 0 saturated heterocycles. The summed E-state index contributed by atoms with van der Waals surface area (Å²) in [6.07, 6.45) is -4.27. The van der Waals surface area contributed by atoms with Crippen molar-refractivity contribution in [3.63, 3.8) is 0 Å². The van der Waals surface area contributed by atoms with E-state index in [1.807, 2.05) is 0 Å². The number of alkyl halides is 3. The van der Waals surface area contributed by atoms with Crippen LogP contribution in [-0.2, 0) is 22.6 Å². The predicted octanol–water partition coefficient (Wildman–Crippen LogP) is 5.75. The van der Waals surface area contributed by atoms with Gasteiger partial charge < -0.3 is 5.32 Å². The predicted molar refractivity (Wildman–Crippen MR) is 120 cm³/mol. The van der Waals surface area contributed by atoms with Crippen LogP contribution in [0, 0.1) is 0 Å². The molecular formula is C23H18ClF3N2O3S. The average Bonchev–Trinajstić information content (AvgIpc) is 3.10. The molecule has 1 atom stereocenters. The zero-order chi connectivity index (χ0) is 24.0. The van der Waals surface area contributed by atoms with Crippen LogP contribution >= 0.6 is 11.6 Å². The van der Waals surface area contributed by atoms with Crippen molar-refractivity contribution in [1.82, 2.24) is 0 Å². The maximum atomic E-state index is 13.2. The summed E-state index contributed by atoms with van der Waals surface area (Å²) in [5.74, 6) is -0.620. The van der Waals surface area contributed by atoms with Crippen LogP contribution < -0.4 is 9.62 Å². The lowest BCUT2D eigenvalue weighted by molar-refractivity contribution is -0.137. The molecule has 0 aliphatic carbocycles. The van der Waals surface area contributed by atoms with Gasteiger partial charge in [0, 0.05) is 17.3 Å². The topological polar surface area (TPSA) is 66.5 Å². The van der Waals surface area contributed by atoms with Crippen LogP contribution in [-0.4, -0.2) is 20.4 Å². The summed E-state index contributed by atoms with van der Waals surface area (Å²) in [6.45, 7) is 1.77. The van der Waals surface area contributed by atoms with E-state index in [9.17, 15) is 26.4 Å². The molecule has 1 N–H and O–H groups in total. The fraction of sp³-hybridized carbons (Fsp3) is 0.174. The molecule has 172 valence electrons. The highest BCUT2D eigenvalue weighted by Crippen LogP contribution is 2.38. The second-order valence-corrected chi connectivity index (χ2v) is 9.88. The number of amides is 1. The molecular weight excluding hydrogens is 477 g/mol. The van der Waals surface area contributed by atoms with Gasteiger partial charge in [-0.2, -0.15) is 13.2 Å². The highest BCUT2D eigenvalue weighted by atomic mass is 35.5. The van der Waals surface area contributed by atoms with Gasteiger partial charge in [-0.15, -0.1) is 0 Å². The molecule has 0 saturated carbocycles. The van der Waals surface area contributed by atoms with Gasteiger partial charge in [-0.05, 0) is 67.4 Å². The number of sulfonamides is 1. The molecule has 10 heteroatoms. The van der Waals surface area contributed by atoms with Gasteiger partial charge in [0.25, 0.3) is 15.9 Å². The molecule has 3 aromatic rings. The minimum atomic E-state index is -4.66. The summed E-state index contributed by atoms with van der Waals surface area (Å²) < 4.78 is 66.9. The quantitative estimate of drug-likeness (QED) is 0.502. The number of fused-ring (bicyclic) bond motifs is 1. The van der Waals surface area contributed by atoms with Gasteiger partial charge in [0.15, 0.2) is 0 Å². The Morgan fingerprint density at radius 2 is 1.76 bits per heavy atom. The normalized spacial score (nSPS) is 15.9. The first-order chi connectivity index (χ1) is 15.5. The highest BCUT2D eigenvalue weighted by Gasteiger charge is 2.36. The highest BCUT2D eigenvalue weighted by molar-refractivity contribution is 7.92. The van der Waals surface area contributed by atoms with E-state index in [1.54, 1.807) is 31.2 Å². The number of anilines is 2. The molecule has 0 unspecified atom stereocenters. The van der Waals surface area contributed by atoms with Crippen molar-refractivity contribution in [2.75, 3.05) is 9.62 Å². The van der Waals surface area contributed by atoms with Crippen molar-refractivity contribution in [2.45, 2.75) is 30.5 Å². The number of nitrogens with zero attached hydrogens (tertiary/aromatic N) is 1. The van der Waals surface area contributed by atoms with Crippen LogP contribution in [0.2, 0.25) is 5.02 Å². The summed E-state index contributed by atoms with van der Waals surface area (Å²) in [5, 5.41) is 1.97. The Morgan fingerprint density at radius 1 is 1.06 bits per heavy atom. The lowest BCUT2D eigenvalue weighted by atomic mass is 10.1. The maximum Gasteiger partial charge on any atom is 0.417 e. The average molecular weight is 495 g/mol. The van der Waals surface area contributed by atoms with E-state index in [2.05, 4.69) is 5.32 Å². The minimum absolute atomic E-state index is 0.0566. The number of nitrogens with one attached hydrogen (secondary N) is 1. The molecule has 0 radical (unpaired) electrons. The molecule has 1 aliphatic heterocycles. The van der Waals surface area contributed by atoms with Crippen molar-refractivity contribution in [3.8, 4) is 0 Å². The first-order valence-corrected chi connectivity index (χ1v) is 11.7. The Bertz CT molecular complexity index is 1330. The van der Waals surface area contributed by atoms with E-state index in [-0.39, 0.29) is 22.2 Å². The zero-order valence-electron chi connectivity index (χ0n) is 17.2. The first kappa shape index (κ1) is 23.1. The van der Waals surface area contributed by atoms with Crippen molar-refractivity contribution >= 4 is 38.9 Å². The molecule has 3 aromatic carbocycles. The second-order valence-electron chi connectivity index (χ2n) is 7.66. The van der Waals surface area contributed by atoms with E-state index in [0.717, 1.165) is 12.1 Å². The van der Waals surface area contributed by atoms with Gasteiger partial charge >= 0.3 is 6.18 Å². The lowest BCUT2D eigenvalue weighted by Crippen LogP contribution is -2.35. The lowest BCUT2D eigenvalue weighted by Gasteiger charge is -2.24. The third-order valence-corrected chi connectivity index (χ3v) is 7.60. The molecule has 5 nitrogen and oxygen atoms in total. The number of rotatable bonds is 4. The molecule has 4 rings (SSSR count). The largest absolute Gasteiger partial charge is 0.417 e. The Hall–Kier alpha value is -3.04. The smallest absolute Gasteiger partial charge is 0.322 e. The molecule has 0 fully saturated rings. The van der Waals surface area contributed by atoms with Crippen LogP contribution in [0.1, 0.15) is 28.4 Å². The van der Waals surface area contributed by atoms with Crippen molar-refractivity contribution < 1.29 is 26.4 Å². The van der Waals surface area contributed by atoms with E-state index in [0.29, 0.717) is 17.7 Å². The number of benzene rings is 3. The molecule has 1 heterocycles. The third-order valence-electron chi connectivity index (χ3n) is 5.32.